The predicted molar refractivity (Wildman–Crippen MR) is 202 cm³/mol. The fourth-order valence-corrected chi connectivity index (χ4v) is 5.80. The molecule has 49 heavy (non-hydrogen) atoms. The largest absolute Gasteiger partial charge is 0.289 e. The number of nitrogens with zero attached hydrogens (tertiary/aromatic N) is 4. The first-order valence-electron chi connectivity index (χ1n) is 16.7. The Hall–Kier alpha value is -4.29. The van der Waals surface area contributed by atoms with Crippen LogP contribution in [-0.4, -0.2) is 11.6 Å². The van der Waals surface area contributed by atoms with E-state index in [1.54, 1.807) is 18.5 Å². The van der Waals surface area contributed by atoms with Gasteiger partial charge in [-0.05, 0) is 86.9 Å². The number of rotatable bonds is 5. The number of ketones is 2. The molecular formula is C42H49ClN4O2. The fraction of sp³-hybridized carbons (Fsp3) is 0.381. The van der Waals surface area contributed by atoms with Gasteiger partial charge in [0.15, 0.2) is 11.6 Å². The Balaban J connectivity index is 1.51. The van der Waals surface area contributed by atoms with Crippen LogP contribution in [-0.2, 0) is 9.59 Å². The van der Waals surface area contributed by atoms with E-state index in [0.29, 0.717) is 16.4 Å². The maximum atomic E-state index is 13.2. The molecule has 0 bridgehead atoms. The maximum Gasteiger partial charge on any atom is 0.186 e. The molecule has 0 spiro atoms. The van der Waals surface area contributed by atoms with Crippen molar-refractivity contribution in [3.63, 3.8) is 0 Å². The molecule has 0 N–H and O–H groups in total. The average molecular weight is 677 g/mol. The molecule has 0 radical (unpaired) electrons. The third kappa shape index (κ3) is 9.24. The summed E-state index contributed by atoms with van der Waals surface area (Å²) >= 11 is 6.70. The van der Waals surface area contributed by atoms with Gasteiger partial charge in [-0.2, -0.15) is 20.5 Å². The van der Waals surface area contributed by atoms with Crippen LogP contribution < -0.4 is 0 Å². The Labute approximate surface area is 297 Å². The van der Waals surface area contributed by atoms with Crippen molar-refractivity contribution in [2.75, 3.05) is 0 Å². The highest BCUT2D eigenvalue weighted by Gasteiger charge is 2.35. The number of allylic oxidation sites excluding steroid dienone is 10. The Bertz CT molecular complexity index is 1830. The van der Waals surface area contributed by atoms with E-state index in [2.05, 4.69) is 20.5 Å². The zero-order chi connectivity index (χ0) is 36.5. The van der Waals surface area contributed by atoms with Gasteiger partial charge in [0, 0.05) is 27.9 Å². The van der Waals surface area contributed by atoms with Gasteiger partial charge >= 0.3 is 0 Å². The lowest BCUT2D eigenvalue weighted by atomic mass is 9.72. The molecule has 6 nitrogen and oxygen atoms in total. The molecule has 0 amide bonds. The molecule has 256 valence electrons. The van der Waals surface area contributed by atoms with Crippen molar-refractivity contribution in [1.29, 1.82) is 0 Å². The molecule has 0 unspecified atom stereocenters. The van der Waals surface area contributed by atoms with Gasteiger partial charge in [0.1, 0.15) is 0 Å². The van der Waals surface area contributed by atoms with Gasteiger partial charge in [0.05, 0.1) is 28.8 Å². The zero-order valence-corrected chi connectivity index (χ0v) is 31.7. The monoisotopic (exact) mass is 676 g/mol. The molecule has 0 saturated carbocycles. The van der Waals surface area contributed by atoms with Gasteiger partial charge in [-0.3, -0.25) is 9.59 Å². The normalized spacial score (nSPS) is 16.6. The number of Topliss-reactive ketones (excluding diaryl/α,β-unsaturated/α-hetero) is 2. The van der Waals surface area contributed by atoms with E-state index in [1.165, 1.54) is 0 Å². The number of hydrogen-bond donors (Lipinski definition) is 0. The molecule has 0 aliphatic heterocycles. The summed E-state index contributed by atoms with van der Waals surface area (Å²) in [6.45, 7) is 24.6. The second-order valence-corrected chi connectivity index (χ2v) is 17.2. The van der Waals surface area contributed by atoms with Crippen molar-refractivity contribution in [2.45, 2.75) is 83.1 Å². The van der Waals surface area contributed by atoms with E-state index in [4.69, 9.17) is 11.6 Å². The predicted octanol–water partition coefficient (Wildman–Crippen LogP) is 13.0. The highest BCUT2D eigenvalue weighted by Crippen LogP contribution is 2.40. The first-order valence-corrected chi connectivity index (χ1v) is 17.0. The van der Waals surface area contributed by atoms with E-state index in [9.17, 15) is 9.59 Å². The Morgan fingerprint density at radius 3 is 1.20 bits per heavy atom. The van der Waals surface area contributed by atoms with E-state index in [-0.39, 0.29) is 33.2 Å². The SMILES string of the molecule is CC(C)(C)C1=CC(=CN=Nc2ccc(-c3ccc(N=NC=C4C=C(C(C)(C)C)C(=O)C(C(C)(C)C)=C4)cc3Cl)cc2)C=C(C(C)(C)C)C1=O. The van der Waals surface area contributed by atoms with Crippen molar-refractivity contribution in [3.05, 3.63) is 118 Å². The maximum absolute atomic E-state index is 13.2. The first kappa shape index (κ1) is 37.5. The quantitative estimate of drug-likeness (QED) is 0.295. The van der Waals surface area contributed by atoms with Crippen LogP contribution in [0, 0.1) is 21.7 Å². The second kappa shape index (κ2) is 13.9. The lowest BCUT2D eigenvalue weighted by molar-refractivity contribution is -0.114. The minimum atomic E-state index is -0.292. The van der Waals surface area contributed by atoms with Gasteiger partial charge in [-0.25, -0.2) is 0 Å². The summed E-state index contributed by atoms with van der Waals surface area (Å²) in [5.41, 5.74) is 6.70. The third-order valence-corrected chi connectivity index (χ3v) is 8.66. The zero-order valence-electron chi connectivity index (χ0n) is 31.0. The summed E-state index contributed by atoms with van der Waals surface area (Å²) in [7, 11) is 0. The molecule has 2 aromatic carbocycles. The molecular weight excluding hydrogens is 628 g/mol. The number of hydrogen-bond acceptors (Lipinski definition) is 6. The summed E-state index contributed by atoms with van der Waals surface area (Å²) < 4.78 is 0. The molecule has 2 aliphatic rings. The van der Waals surface area contributed by atoms with Crippen molar-refractivity contribution in [3.8, 4) is 11.1 Å². The molecule has 7 heteroatoms. The van der Waals surface area contributed by atoms with Crippen LogP contribution in [0.4, 0.5) is 11.4 Å². The number of benzene rings is 2. The molecule has 0 atom stereocenters. The minimum Gasteiger partial charge on any atom is -0.289 e. The van der Waals surface area contributed by atoms with E-state index < -0.39 is 0 Å². The van der Waals surface area contributed by atoms with Crippen molar-refractivity contribution >= 4 is 34.5 Å². The van der Waals surface area contributed by atoms with Crippen LogP contribution >= 0.6 is 11.6 Å². The molecule has 0 fully saturated rings. The van der Waals surface area contributed by atoms with Crippen LogP contribution in [0.3, 0.4) is 0 Å². The van der Waals surface area contributed by atoms with Crippen LogP contribution in [0.15, 0.2) is 133 Å². The van der Waals surface area contributed by atoms with Crippen molar-refractivity contribution in [2.24, 2.45) is 42.1 Å². The van der Waals surface area contributed by atoms with Crippen LogP contribution in [0.5, 0.6) is 0 Å². The van der Waals surface area contributed by atoms with Gasteiger partial charge in [-0.1, -0.05) is 113 Å². The molecule has 0 heterocycles. The third-order valence-electron chi connectivity index (χ3n) is 8.35. The minimum absolute atomic E-state index is 0.0855. The number of carbonyl (C=O) groups excluding carboxylic acids is 2. The van der Waals surface area contributed by atoms with Gasteiger partial charge in [0.25, 0.3) is 0 Å². The highest BCUT2D eigenvalue weighted by molar-refractivity contribution is 6.33. The summed E-state index contributed by atoms with van der Waals surface area (Å²) in [4.78, 5) is 26.4. The molecule has 0 aromatic heterocycles. The van der Waals surface area contributed by atoms with Gasteiger partial charge in [-0.15, -0.1) is 0 Å². The first-order chi connectivity index (χ1) is 22.6. The topological polar surface area (TPSA) is 83.6 Å². The lowest BCUT2D eigenvalue weighted by Gasteiger charge is -2.31. The highest BCUT2D eigenvalue weighted by atomic mass is 35.5. The molecule has 4 rings (SSSR count). The van der Waals surface area contributed by atoms with Crippen LogP contribution in [0.2, 0.25) is 5.02 Å². The van der Waals surface area contributed by atoms with Gasteiger partial charge in [0.2, 0.25) is 0 Å². The number of azo groups is 2. The lowest BCUT2D eigenvalue weighted by Crippen LogP contribution is -2.27. The summed E-state index contributed by atoms with van der Waals surface area (Å²) in [5.74, 6) is 0.177. The summed E-state index contributed by atoms with van der Waals surface area (Å²) in [5, 5.41) is 18.0. The van der Waals surface area contributed by atoms with Gasteiger partial charge < -0.3 is 0 Å². The second-order valence-electron chi connectivity index (χ2n) is 16.8. The summed E-state index contributed by atoms with van der Waals surface area (Å²) in [6.07, 6.45) is 11.0. The van der Waals surface area contributed by atoms with Crippen molar-refractivity contribution < 1.29 is 9.59 Å². The van der Waals surface area contributed by atoms with E-state index in [1.807, 2.05) is 144 Å². The van der Waals surface area contributed by atoms with Crippen LogP contribution in [0.25, 0.3) is 11.1 Å². The Morgan fingerprint density at radius 2 is 0.857 bits per heavy atom. The molecule has 0 saturated heterocycles. The number of halogens is 1. The fourth-order valence-electron chi connectivity index (χ4n) is 5.51. The molecule has 2 aliphatic carbocycles. The standard InChI is InChI=1S/C42H49ClN4O2/c1-39(2,3)32-19-26(20-33(37(32)48)40(4,5)6)24-44-46-29-15-13-28(14-16-29)31-18-17-30(23-36(31)43)47-45-25-27-21-34(41(7,8)9)38(49)35(22-27)42(10,11)12/h13-25H,1-12H3. The molecule has 2 aromatic rings. The number of carbonyl (C=O) groups is 2. The Kier molecular flexibility index (Phi) is 10.7. The Morgan fingerprint density at radius 1 is 0.510 bits per heavy atom. The van der Waals surface area contributed by atoms with Crippen molar-refractivity contribution in [1.82, 2.24) is 0 Å². The van der Waals surface area contributed by atoms with E-state index >= 15 is 0 Å². The van der Waals surface area contributed by atoms with E-state index in [0.717, 1.165) is 44.6 Å². The smallest absolute Gasteiger partial charge is 0.186 e. The summed E-state index contributed by atoms with van der Waals surface area (Å²) in [6, 6.07) is 13.2. The van der Waals surface area contributed by atoms with Crippen LogP contribution in [0.1, 0.15) is 83.1 Å². The average Bonchev–Trinajstić information content (AvgIpc) is 2.97.